The predicted octanol–water partition coefficient (Wildman–Crippen LogP) is 5.15. The molecule has 0 spiro atoms. The Kier molecular flexibility index (Phi) is 11.4. The van der Waals surface area contributed by atoms with Crippen LogP contribution in [-0.2, 0) is 26.0 Å². The number of nitrogens with zero attached hydrogens (tertiary/aromatic N) is 2. The molecular formula is C31H45N3O4S. The van der Waals surface area contributed by atoms with E-state index in [4.69, 9.17) is 0 Å². The number of aryl methyl sites for hydroxylation is 1. The Balaban J connectivity index is 1.73. The highest BCUT2D eigenvalue weighted by Gasteiger charge is 2.30. The first kappa shape index (κ1) is 30.7. The molecule has 0 aromatic heterocycles. The van der Waals surface area contributed by atoms with Gasteiger partial charge >= 0.3 is 0 Å². The van der Waals surface area contributed by atoms with E-state index in [1.54, 1.807) is 11.0 Å². The van der Waals surface area contributed by atoms with E-state index in [0.29, 0.717) is 31.5 Å². The van der Waals surface area contributed by atoms with Crippen molar-refractivity contribution in [3.05, 3.63) is 65.2 Å². The van der Waals surface area contributed by atoms with Gasteiger partial charge in [0.15, 0.2) is 0 Å². The second kappa shape index (κ2) is 14.5. The molecule has 1 atom stereocenters. The van der Waals surface area contributed by atoms with Gasteiger partial charge in [-0.3, -0.25) is 13.9 Å². The van der Waals surface area contributed by atoms with E-state index in [2.05, 4.69) is 5.32 Å². The van der Waals surface area contributed by atoms with E-state index >= 15 is 0 Å². The minimum atomic E-state index is -3.53. The van der Waals surface area contributed by atoms with Crippen molar-refractivity contribution in [3.63, 3.8) is 0 Å². The lowest BCUT2D eigenvalue weighted by Gasteiger charge is -2.33. The normalized spacial score (nSPS) is 15.0. The topological polar surface area (TPSA) is 86.8 Å². The van der Waals surface area contributed by atoms with Crippen LogP contribution in [0.2, 0.25) is 0 Å². The fourth-order valence-corrected chi connectivity index (χ4v) is 6.44. The summed E-state index contributed by atoms with van der Waals surface area (Å²) >= 11 is 0. The molecular weight excluding hydrogens is 510 g/mol. The van der Waals surface area contributed by atoms with Gasteiger partial charge in [-0.25, -0.2) is 8.42 Å². The van der Waals surface area contributed by atoms with Gasteiger partial charge in [-0.05, 0) is 68.7 Å². The molecule has 39 heavy (non-hydrogen) atoms. The molecule has 214 valence electrons. The van der Waals surface area contributed by atoms with Crippen molar-refractivity contribution in [2.75, 3.05) is 23.7 Å². The Bertz CT molecular complexity index is 1190. The van der Waals surface area contributed by atoms with Gasteiger partial charge in [0.05, 0.1) is 11.9 Å². The Morgan fingerprint density at radius 2 is 1.67 bits per heavy atom. The van der Waals surface area contributed by atoms with Crippen LogP contribution in [0.15, 0.2) is 48.5 Å². The van der Waals surface area contributed by atoms with E-state index in [-0.39, 0.29) is 30.8 Å². The van der Waals surface area contributed by atoms with E-state index in [1.807, 2.05) is 63.2 Å². The molecule has 2 amide bonds. The molecule has 0 saturated heterocycles. The first-order chi connectivity index (χ1) is 18.6. The third kappa shape index (κ3) is 8.82. The smallest absolute Gasteiger partial charge is 0.243 e. The fourth-order valence-electron chi connectivity index (χ4n) is 5.43. The molecule has 8 heteroatoms. The Morgan fingerprint density at radius 1 is 0.974 bits per heavy atom. The molecule has 1 aliphatic rings. The van der Waals surface area contributed by atoms with Crippen LogP contribution in [0.1, 0.15) is 75.0 Å². The molecule has 0 radical (unpaired) electrons. The zero-order valence-electron chi connectivity index (χ0n) is 24.0. The predicted molar refractivity (Wildman–Crippen MR) is 158 cm³/mol. The van der Waals surface area contributed by atoms with Crippen molar-refractivity contribution in [1.29, 1.82) is 0 Å². The molecule has 0 aliphatic heterocycles. The standard InChI is InChI=1S/C31H45N3O4S/c1-5-28(31(36)32-27-17-10-7-11-18-27)33(23-21-26-15-8-6-9-16-26)30(35)20-13-22-34(39(4,37)38)29-19-12-14-24(2)25(29)3/h6,8-9,12,14-16,19,27-28H,5,7,10-11,13,17-18,20-23H2,1-4H3,(H,32,36)/t28-/m0/s1. The van der Waals surface area contributed by atoms with Crippen molar-refractivity contribution < 1.29 is 18.0 Å². The largest absolute Gasteiger partial charge is 0.352 e. The summed E-state index contributed by atoms with van der Waals surface area (Å²) in [6.07, 6.45) is 8.32. The molecule has 1 N–H and O–H groups in total. The molecule has 2 aromatic carbocycles. The van der Waals surface area contributed by atoms with Crippen molar-refractivity contribution in [2.45, 2.75) is 90.6 Å². The number of hydrogen-bond donors (Lipinski definition) is 1. The van der Waals surface area contributed by atoms with Crippen LogP contribution in [0.25, 0.3) is 0 Å². The van der Waals surface area contributed by atoms with Crippen LogP contribution in [0.3, 0.4) is 0 Å². The summed E-state index contributed by atoms with van der Waals surface area (Å²) in [4.78, 5) is 28.7. The highest BCUT2D eigenvalue weighted by atomic mass is 32.2. The fraction of sp³-hybridized carbons (Fsp3) is 0.548. The summed E-state index contributed by atoms with van der Waals surface area (Å²) in [5.74, 6) is -0.204. The van der Waals surface area contributed by atoms with E-state index < -0.39 is 16.1 Å². The third-order valence-corrected chi connectivity index (χ3v) is 9.00. The van der Waals surface area contributed by atoms with Gasteiger partial charge in [0.25, 0.3) is 0 Å². The van der Waals surface area contributed by atoms with Crippen molar-refractivity contribution in [1.82, 2.24) is 10.2 Å². The van der Waals surface area contributed by atoms with Gasteiger partial charge in [-0.2, -0.15) is 0 Å². The number of carbonyl (C=O) groups excluding carboxylic acids is 2. The maximum atomic E-state index is 13.6. The molecule has 2 aromatic rings. The molecule has 1 fully saturated rings. The minimum Gasteiger partial charge on any atom is -0.352 e. The summed E-state index contributed by atoms with van der Waals surface area (Å²) in [7, 11) is -3.53. The zero-order valence-corrected chi connectivity index (χ0v) is 24.8. The zero-order chi connectivity index (χ0) is 28.4. The number of hydrogen-bond acceptors (Lipinski definition) is 4. The maximum Gasteiger partial charge on any atom is 0.243 e. The maximum absolute atomic E-state index is 13.6. The number of rotatable bonds is 13. The number of anilines is 1. The third-order valence-electron chi connectivity index (χ3n) is 7.82. The molecule has 0 heterocycles. The van der Waals surface area contributed by atoms with Crippen LogP contribution in [0.4, 0.5) is 5.69 Å². The first-order valence-electron chi connectivity index (χ1n) is 14.3. The Hall–Kier alpha value is -2.87. The number of sulfonamides is 1. The second-order valence-electron chi connectivity index (χ2n) is 10.7. The summed E-state index contributed by atoms with van der Waals surface area (Å²) in [6.45, 7) is 6.45. The Morgan fingerprint density at radius 3 is 2.31 bits per heavy atom. The summed E-state index contributed by atoms with van der Waals surface area (Å²) in [5, 5.41) is 3.21. The number of benzene rings is 2. The highest BCUT2D eigenvalue weighted by Crippen LogP contribution is 2.25. The van der Waals surface area contributed by atoms with Gasteiger partial charge in [0.1, 0.15) is 6.04 Å². The van der Waals surface area contributed by atoms with Crippen molar-refractivity contribution in [3.8, 4) is 0 Å². The van der Waals surface area contributed by atoms with Crippen molar-refractivity contribution in [2.24, 2.45) is 0 Å². The number of nitrogens with one attached hydrogen (secondary N) is 1. The van der Waals surface area contributed by atoms with E-state index in [0.717, 1.165) is 42.4 Å². The molecule has 1 aliphatic carbocycles. The average Bonchev–Trinajstić information content (AvgIpc) is 2.91. The lowest BCUT2D eigenvalue weighted by molar-refractivity contribution is -0.141. The SMILES string of the molecule is CC[C@@H](C(=O)NC1CCCCC1)N(CCc1ccccc1)C(=O)CCCN(c1cccc(C)c1C)S(C)(=O)=O. The van der Waals surface area contributed by atoms with Crippen LogP contribution in [0.5, 0.6) is 0 Å². The first-order valence-corrected chi connectivity index (χ1v) is 16.1. The minimum absolute atomic E-state index is 0.0843. The van der Waals surface area contributed by atoms with Crippen LogP contribution < -0.4 is 9.62 Å². The quantitative estimate of drug-likeness (QED) is 0.370. The van der Waals surface area contributed by atoms with Crippen LogP contribution >= 0.6 is 0 Å². The molecule has 1 saturated carbocycles. The second-order valence-corrected chi connectivity index (χ2v) is 12.7. The molecule has 0 bridgehead atoms. The summed E-state index contributed by atoms with van der Waals surface area (Å²) in [6, 6.07) is 15.2. The highest BCUT2D eigenvalue weighted by molar-refractivity contribution is 7.92. The average molecular weight is 556 g/mol. The molecule has 7 nitrogen and oxygen atoms in total. The lowest BCUT2D eigenvalue weighted by Crippen LogP contribution is -2.52. The van der Waals surface area contributed by atoms with Crippen molar-refractivity contribution >= 4 is 27.5 Å². The van der Waals surface area contributed by atoms with Gasteiger partial charge in [0, 0.05) is 25.6 Å². The lowest BCUT2D eigenvalue weighted by atomic mass is 9.95. The molecule has 3 rings (SSSR count). The number of amides is 2. The van der Waals surface area contributed by atoms with E-state index in [1.165, 1.54) is 17.0 Å². The van der Waals surface area contributed by atoms with Gasteiger partial charge < -0.3 is 10.2 Å². The van der Waals surface area contributed by atoms with Gasteiger partial charge in [-0.15, -0.1) is 0 Å². The monoisotopic (exact) mass is 555 g/mol. The van der Waals surface area contributed by atoms with Crippen LogP contribution in [0, 0.1) is 13.8 Å². The summed E-state index contributed by atoms with van der Waals surface area (Å²) in [5.41, 5.74) is 3.67. The number of carbonyl (C=O) groups is 2. The Labute approximate surface area is 235 Å². The summed E-state index contributed by atoms with van der Waals surface area (Å²) < 4.78 is 26.7. The van der Waals surface area contributed by atoms with Gasteiger partial charge in [0.2, 0.25) is 21.8 Å². The van der Waals surface area contributed by atoms with Gasteiger partial charge in [-0.1, -0.05) is 68.7 Å². The van der Waals surface area contributed by atoms with E-state index in [9.17, 15) is 18.0 Å². The van der Waals surface area contributed by atoms with Crippen LogP contribution in [-0.4, -0.2) is 56.6 Å². The molecule has 0 unspecified atom stereocenters.